The van der Waals surface area contributed by atoms with Crippen molar-refractivity contribution in [1.29, 1.82) is 0 Å². The lowest BCUT2D eigenvalue weighted by atomic mass is 10.3. The lowest BCUT2D eigenvalue weighted by molar-refractivity contribution is -0.140. The second kappa shape index (κ2) is 4.12. The van der Waals surface area contributed by atoms with Crippen molar-refractivity contribution in [2.75, 3.05) is 14.1 Å². The van der Waals surface area contributed by atoms with E-state index in [1.165, 1.54) is 28.8 Å². The minimum absolute atomic E-state index is 0.244. The molecule has 0 radical (unpaired) electrons. The number of hydrogen-bond donors (Lipinski definition) is 1. The van der Waals surface area contributed by atoms with Crippen LogP contribution in [-0.4, -0.2) is 45.8 Å². The first-order chi connectivity index (χ1) is 6.93. The van der Waals surface area contributed by atoms with Gasteiger partial charge in [-0.3, -0.25) is 9.48 Å². The summed E-state index contributed by atoms with van der Waals surface area (Å²) in [6.07, 6.45) is 1.48. The molecule has 0 spiro atoms. The minimum Gasteiger partial charge on any atom is -0.480 e. The van der Waals surface area contributed by atoms with E-state index in [2.05, 4.69) is 5.10 Å². The number of aliphatic carboxylic acids is 1. The van der Waals surface area contributed by atoms with Gasteiger partial charge in [0.2, 0.25) is 0 Å². The summed E-state index contributed by atoms with van der Waals surface area (Å²) in [5.41, 5.74) is 0.244. The third-order valence-corrected chi connectivity index (χ3v) is 1.99. The number of rotatable bonds is 3. The van der Waals surface area contributed by atoms with Crippen molar-refractivity contribution in [2.45, 2.75) is 13.0 Å². The van der Waals surface area contributed by atoms with Gasteiger partial charge in [0, 0.05) is 20.3 Å². The molecular formula is C9H13N3O3. The largest absolute Gasteiger partial charge is 0.480 e. The third kappa shape index (κ3) is 2.34. The van der Waals surface area contributed by atoms with Gasteiger partial charge in [-0.05, 0) is 13.0 Å². The Balaban J connectivity index is 2.90. The number of nitrogens with zero attached hydrogens (tertiary/aromatic N) is 3. The van der Waals surface area contributed by atoms with Crippen LogP contribution in [0, 0.1) is 0 Å². The van der Waals surface area contributed by atoms with Crippen molar-refractivity contribution in [3.8, 4) is 0 Å². The first kappa shape index (κ1) is 11.2. The summed E-state index contributed by atoms with van der Waals surface area (Å²) in [6.45, 7) is 1.50. The van der Waals surface area contributed by atoms with Crippen LogP contribution in [0.1, 0.15) is 23.5 Å². The fourth-order valence-electron chi connectivity index (χ4n) is 1.01. The molecule has 1 amide bonds. The summed E-state index contributed by atoms with van der Waals surface area (Å²) < 4.78 is 1.25. The van der Waals surface area contributed by atoms with E-state index < -0.39 is 12.0 Å². The Bertz CT molecular complexity index is 384. The molecule has 1 heterocycles. The average molecular weight is 211 g/mol. The lowest BCUT2D eigenvalue weighted by Gasteiger charge is -2.08. The van der Waals surface area contributed by atoms with Gasteiger partial charge in [-0.1, -0.05) is 0 Å². The predicted octanol–water partition coefficient (Wildman–Crippen LogP) is 0.231. The van der Waals surface area contributed by atoms with Gasteiger partial charge in [-0.15, -0.1) is 0 Å². The van der Waals surface area contributed by atoms with E-state index >= 15 is 0 Å². The van der Waals surface area contributed by atoms with Crippen LogP contribution in [0.15, 0.2) is 12.3 Å². The molecule has 1 aromatic heterocycles. The topological polar surface area (TPSA) is 75.4 Å². The molecule has 1 N–H and O–H groups in total. The number of aromatic nitrogens is 2. The molecule has 0 aliphatic heterocycles. The smallest absolute Gasteiger partial charge is 0.328 e. The van der Waals surface area contributed by atoms with E-state index in [4.69, 9.17) is 5.11 Å². The molecule has 1 atom stereocenters. The fourth-order valence-corrected chi connectivity index (χ4v) is 1.01. The highest BCUT2D eigenvalue weighted by molar-refractivity contribution is 5.91. The Hall–Kier alpha value is -1.85. The van der Waals surface area contributed by atoms with Crippen LogP contribution in [0.2, 0.25) is 0 Å². The van der Waals surface area contributed by atoms with E-state index in [0.29, 0.717) is 0 Å². The Morgan fingerprint density at radius 2 is 2.13 bits per heavy atom. The first-order valence-corrected chi connectivity index (χ1v) is 4.43. The SMILES string of the molecule is C[C@H](C(=O)O)n1ccc(C(=O)N(C)C)n1. The molecule has 6 nitrogen and oxygen atoms in total. The minimum atomic E-state index is -0.984. The average Bonchev–Trinajstić information content (AvgIpc) is 2.63. The molecule has 1 aromatic rings. The highest BCUT2D eigenvalue weighted by Crippen LogP contribution is 2.06. The van der Waals surface area contributed by atoms with Gasteiger partial charge in [0.05, 0.1) is 0 Å². The first-order valence-electron chi connectivity index (χ1n) is 4.43. The maximum absolute atomic E-state index is 11.5. The van der Waals surface area contributed by atoms with E-state index in [1.54, 1.807) is 14.1 Å². The number of carbonyl (C=O) groups excluding carboxylic acids is 1. The second-order valence-corrected chi connectivity index (χ2v) is 3.39. The Morgan fingerprint density at radius 3 is 2.60 bits per heavy atom. The third-order valence-electron chi connectivity index (χ3n) is 1.99. The maximum Gasteiger partial charge on any atom is 0.328 e. The van der Waals surface area contributed by atoms with Crippen LogP contribution in [0.5, 0.6) is 0 Å². The van der Waals surface area contributed by atoms with Crippen LogP contribution in [0.25, 0.3) is 0 Å². The summed E-state index contributed by atoms with van der Waals surface area (Å²) in [6, 6.07) is 0.732. The van der Waals surface area contributed by atoms with Crippen molar-refractivity contribution in [3.05, 3.63) is 18.0 Å². The molecule has 0 fully saturated rings. The molecular weight excluding hydrogens is 198 g/mol. The lowest BCUT2D eigenvalue weighted by Crippen LogP contribution is -2.23. The number of carboxylic acid groups (broad SMARTS) is 1. The zero-order valence-electron chi connectivity index (χ0n) is 8.84. The Labute approximate surface area is 87.1 Å². The monoisotopic (exact) mass is 211 g/mol. The van der Waals surface area contributed by atoms with Crippen LogP contribution < -0.4 is 0 Å². The molecule has 6 heteroatoms. The number of hydrogen-bond acceptors (Lipinski definition) is 3. The van der Waals surface area contributed by atoms with Crippen molar-refractivity contribution in [2.24, 2.45) is 0 Å². The second-order valence-electron chi connectivity index (χ2n) is 3.39. The van der Waals surface area contributed by atoms with E-state index in [0.717, 1.165) is 0 Å². The van der Waals surface area contributed by atoms with E-state index in [-0.39, 0.29) is 11.6 Å². The molecule has 0 bridgehead atoms. The number of carbonyl (C=O) groups is 2. The summed E-state index contributed by atoms with van der Waals surface area (Å²) >= 11 is 0. The Kier molecular flexibility index (Phi) is 3.08. The van der Waals surface area contributed by atoms with Crippen molar-refractivity contribution in [1.82, 2.24) is 14.7 Å². The highest BCUT2D eigenvalue weighted by Gasteiger charge is 2.17. The zero-order valence-corrected chi connectivity index (χ0v) is 8.84. The highest BCUT2D eigenvalue weighted by atomic mass is 16.4. The molecule has 0 aromatic carbocycles. The molecule has 0 saturated heterocycles. The van der Waals surface area contributed by atoms with Crippen LogP contribution in [0.4, 0.5) is 0 Å². The standard InChI is InChI=1S/C9H13N3O3/c1-6(9(14)15)12-5-4-7(10-12)8(13)11(2)3/h4-6H,1-3H3,(H,14,15)/t6-/m1/s1. The normalized spacial score (nSPS) is 12.2. The zero-order chi connectivity index (χ0) is 11.6. The molecule has 15 heavy (non-hydrogen) atoms. The van der Waals surface area contributed by atoms with Crippen molar-refractivity contribution < 1.29 is 14.7 Å². The quantitative estimate of drug-likeness (QED) is 0.776. The summed E-state index contributed by atoms with van der Waals surface area (Å²) in [5, 5.41) is 12.6. The van der Waals surface area contributed by atoms with Gasteiger partial charge >= 0.3 is 5.97 Å². The van der Waals surface area contributed by atoms with Crippen LogP contribution in [0.3, 0.4) is 0 Å². The molecule has 0 saturated carbocycles. The fraction of sp³-hybridized carbons (Fsp3) is 0.444. The molecule has 0 aliphatic carbocycles. The van der Waals surface area contributed by atoms with Crippen molar-refractivity contribution in [3.63, 3.8) is 0 Å². The summed E-state index contributed by atoms with van der Waals surface area (Å²) in [4.78, 5) is 23.5. The Morgan fingerprint density at radius 1 is 1.53 bits per heavy atom. The molecule has 0 aliphatic rings. The predicted molar refractivity (Wildman–Crippen MR) is 52.6 cm³/mol. The van der Waals surface area contributed by atoms with Gasteiger partial charge in [-0.25, -0.2) is 4.79 Å². The summed E-state index contributed by atoms with van der Waals surface area (Å²) in [7, 11) is 3.23. The van der Waals surface area contributed by atoms with E-state index in [9.17, 15) is 9.59 Å². The van der Waals surface area contributed by atoms with Gasteiger partial charge in [-0.2, -0.15) is 5.10 Å². The molecule has 1 rings (SSSR count). The molecule has 82 valence electrons. The van der Waals surface area contributed by atoms with E-state index in [1.807, 2.05) is 0 Å². The van der Waals surface area contributed by atoms with Gasteiger partial charge < -0.3 is 10.0 Å². The number of carboxylic acids is 1. The van der Waals surface area contributed by atoms with Gasteiger partial charge in [0.1, 0.15) is 11.7 Å². The summed E-state index contributed by atoms with van der Waals surface area (Å²) in [5.74, 6) is -1.23. The van der Waals surface area contributed by atoms with Crippen molar-refractivity contribution >= 4 is 11.9 Å². The number of amides is 1. The van der Waals surface area contributed by atoms with Gasteiger partial charge in [0.25, 0.3) is 5.91 Å². The maximum atomic E-state index is 11.5. The van der Waals surface area contributed by atoms with Crippen LogP contribution in [-0.2, 0) is 4.79 Å². The van der Waals surface area contributed by atoms with Crippen LogP contribution >= 0.6 is 0 Å². The van der Waals surface area contributed by atoms with Gasteiger partial charge in [0.15, 0.2) is 0 Å². The molecule has 0 unspecified atom stereocenters.